The molecule has 0 aromatic heterocycles. The van der Waals surface area contributed by atoms with Crippen LogP contribution in [0.1, 0.15) is 62.1 Å². The summed E-state index contributed by atoms with van der Waals surface area (Å²) in [6.45, 7) is -1.02. The first-order valence-corrected chi connectivity index (χ1v) is 55.4. The molecule has 0 saturated carbocycles. The minimum atomic E-state index is -1.19. The van der Waals surface area contributed by atoms with Crippen LogP contribution >= 0.6 is 444 Å². The van der Waals surface area contributed by atoms with Gasteiger partial charge in [-0.2, -0.15) is 0 Å². The molecule has 6 rings (SSSR count). The third kappa shape index (κ3) is 27.5. The van der Waals surface area contributed by atoms with Gasteiger partial charge in [0.25, 0.3) is 0 Å². The Kier molecular flexibility index (Phi) is 43.5. The van der Waals surface area contributed by atoms with Crippen molar-refractivity contribution >= 4 is 480 Å². The first kappa shape index (κ1) is 87.8. The number of hydrogen-bond acceptors (Lipinski definition) is 14. The van der Waals surface area contributed by atoms with E-state index in [1.54, 1.807) is 43.4 Å². The minimum absolute atomic E-state index is 0.0797. The van der Waals surface area contributed by atoms with Gasteiger partial charge in [0.15, 0.2) is 0 Å². The topological polar surface area (TPSA) is 196 Å². The van der Waals surface area contributed by atoms with Gasteiger partial charge in [0.2, 0.25) is 0 Å². The largest absolute Gasteiger partial charge is 0.461 e. The molecule has 0 aliphatic carbocycles. The number of nitrogens with two attached hydrogens (primary N) is 1. The molecule has 6 aromatic rings. The maximum absolute atomic E-state index is 13.3. The van der Waals surface area contributed by atoms with Gasteiger partial charge >= 0.3 is 86.3 Å². The van der Waals surface area contributed by atoms with E-state index in [4.69, 9.17) is 34.2 Å². The maximum Gasteiger partial charge on any atom is 0.339 e. The van der Waals surface area contributed by atoms with Gasteiger partial charge in [0.1, 0.15) is 39.6 Å². The first-order valence-electron chi connectivity index (χ1n) is 23.4. The molecule has 0 radical (unpaired) electrons. The predicted molar refractivity (Wildman–Crippen MR) is 505 cm³/mol. The molecular formula is C53H34I21N2O12-. The normalized spacial score (nSPS) is 11.2. The van der Waals surface area contributed by atoms with Crippen molar-refractivity contribution in [3.63, 3.8) is 0 Å². The molecule has 0 atom stereocenters. The smallest absolute Gasteiger partial charge is 0.339 e. The van der Waals surface area contributed by atoms with Crippen LogP contribution in [0.3, 0.4) is 0 Å². The van der Waals surface area contributed by atoms with Crippen LogP contribution in [0.2, 0.25) is 0 Å². The number of halogens is 21. The number of hydrogen-bond donors (Lipinski definition) is 2. The third-order valence-corrected chi connectivity index (χ3v) is 33.3. The second-order valence-electron chi connectivity index (χ2n) is 17.7. The summed E-state index contributed by atoms with van der Waals surface area (Å²) in [5, 5.41) is 3.10. The molecule has 88 heavy (non-hydrogen) atoms. The van der Waals surface area contributed by atoms with E-state index in [2.05, 4.69) is 449 Å². The van der Waals surface area contributed by atoms with E-state index in [1.807, 2.05) is 36.4 Å². The maximum atomic E-state index is 13.3. The number of nitrogens with one attached hydrogen (secondary N) is 1. The number of ether oxygens (including phenoxy) is 6. The van der Waals surface area contributed by atoms with Crippen molar-refractivity contribution < 1.29 is 70.4 Å². The molecule has 0 heterocycles. The molecule has 0 saturated heterocycles. The third-order valence-electron chi connectivity index (χ3n) is 11.3. The molecule has 0 unspecified atom stereocenters. The van der Waals surface area contributed by atoms with E-state index in [0.717, 1.165) is 64.3 Å². The molecule has 6 aromatic carbocycles. The fourth-order valence-electron chi connectivity index (χ4n) is 6.96. The summed E-state index contributed by atoms with van der Waals surface area (Å²) in [4.78, 5) is 79.5. The van der Waals surface area contributed by atoms with Gasteiger partial charge in [0, 0.05) is 77.4 Å². The Labute approximate surface area is 783 Å². The summed E-state index contributed by atoms with van der Waals surface area (Å²) in [6, 6.07) is 22.4. The molecule has 476 valence electrons. The average molecular weight is 3560 g/mol. The Hall–Kier alpha value is 7.39. The summed E-state index contributed by atoms with van der Waals surface area (Å²) in [7, 11) is 1.74. The van der Waals surface area contributed by atoms with Crippen molar-refractivity contribution in [3.05, 3.63) is 170 Å². The second kappa shape index (κ2) is 43.6. The molecular weight excluding hydrogens is 3520 g/mol. The van der Waals surface area contributed by atoms with Gasteiger partial charge in [-0.05, 0) is 486 Å². The Balaban J connectivity index is 0.000000360. The molecule has 0 amide bonds. The number of rotatable bonds is 21. The van der Waals surface area contributed by atoms with Crippen LogP contribution < -0.4 is 24.3 Å². The molecule has 0 bridgehead atoms. The van der Waals surface area contributed by atoms with Crippen molar-refractivity contribution in [2.24, 2.45) is 16.6 Å². The van der Waals surface area contributed by atoms with Crippen LogP contribution in [0.25, 0.3) is 0 Å². The van der Waals surface area contributed by atoms with Crippen LogP contribution in [-0.2, 0) is 28.4 Å². The second-order valence-corrected chi connectivity index (χ2v) is 54.9. The Morgan fingerprint density at radius 3 is 0.648 bits per heavy atom. The van der Waals surface area contributed by atoms with Crippen molar-refractivity contribution in [2.45, 2.75) is 0 Å². The van der Waals surface area contributed by atoms with E-state index in [9.17, 15) is 28.8 Å². The quantitative estimate of drug-likeness (QED) is 0.0299. The summed E-state index contributed by atoms with van der Waals surface area (Å²) in [5.41, 5.74) is 6.53. The van der Waals surface area contributed by atoms with Gasteiger partial charge in [0.05, 0.1) is 44.2 Å². The number of carbonyl (C=O) groups excluding carboxylic acids is 6. The monoisotopic (exact) mass is 3560 g/mol. The van der Waals surface area contributed by atoms with Crippen LogP contribution in [0.5, 0.6) is 0 Å². The summed E-state index contributed by atoms with van der Waals surface area (Å²) in [5.74, 6) is -3.17. The van der Waals surface area contributed by atoms with Gasteiger partial charge in [-0.3, -0.25) is 0 Å². The zero-order valence-electron chi connectivity index (χ0n) is 43.5. The van der Waals surface area contributed by atoms with Crippen LogP contribution in [0.15, 0.2) is 72.8 Å². The number of esters is 6. The fourth-order valence-corrected chi connectivity index (χ4v) is 21.2. The van der Waals surface area contributed by atoms with Gasteiger partial charge in [-0.25, -0.2) is 28.8 Å². The average Bonchev–Trinajstić information content (AvgIpc) is 3.65. The molecule has 14 nitrogen and oxygen atoms in total. The van der Waals surface area contributed by atoms with Crippen molar-refractivity contribution in [3.8, 4) is 0 Å². The summed E-state index contributed by atoms with van der Waals surface area (Å²) in [6.07, 6.45) is 0. The summed E-state index contributed by atoms with van der Waals surface area (Å²) >= 11 is 44.0. The fraction of sp³-hybridized carbons (Fsp3) is 0.208. The first-order chi connectivity index (χ1) is 41.3. The minimum Gasteiger partial charge on any atom is -0.461 e. The molecule has 0 fully saturated rings. The Bertz CT molecular complexity index is 3250. The molecule has 0 aliphatic heterocycles. The van der Waals surface area contributed by atoms with Crippen molar-refractivity contribution in [1.29, 1.82) is 0 Å². The van der Waals surface area contributed by atoms with E-state index in [0.29, 0.717) is 46.6 Å². The van der Waals surface area contributed by atoms with Crippen LogP contribution in [0.4, 0.5) is 0 Å². The molecule has 0 spiro atoms. The van der Waals surface area contributed by atoms with Crippen molar-refractivity contribution in [2.75, 3.05) is 59.8 Å². The zero-order chi connectivity index (χ0) is 66.1. The number of carbonyl (C=O) groups is 6. The standard InChI is InChI=1S/C27H18I9NO6.C26H16I9NO6.I3/c1-37-8-27(9-41-24(38)15-2-12(28)5-18(31)21(15)34,10-42-25(39)16-3-13(29)6-19(32)22(16)35)11-43-26(40)17-4-14(30)7-20(33)23(17)36;27-11-1-14(20(33)17(30)4-11)23(37)40-8-26(7-36,9-41-24(38)15-2-12(28)5-18(31)21(15)34)10-42-25(39)16-3-13(29)6-19(32)22(16)35;1-3-2/h2-7,37H,8-11H2,1H3;1-6H,7-10,36H2;/q;;-1. The Morgan fingerprint density at radius 2 is 0.500 bits per heavy atom. The zero-order valence-corrected chi connectivity index (χ0v) is 88.8. The van der Waals surface area contributed by atoms with Crippen LogP contribution in [0, 0.1) is 75.1 Å². The predicted octanol–water partition coefficient (Wildman–Crippen LogP) is 16.9. The van der Waals surface area contributed by atoms with E-state index < -0.39 is 46.6 Å². The Morgan fingerprint density at radius 1 is 0.341 bits per heavy atom. The van der Waals surface area contributed by atoms with E-state index in [-0.39, 0.29) is 52.7 Å². The van der Waals surface area contributed by atoms with Crippen molar-refractivity contribution in [1.82, 2.24) is 5.32 Å². The molecule has 3 N–H and O–H groups in total. The van der Waals surface area contributed by atoms with E-state index in [1.165, 1.54) is 0 Å². The SMILES string of the molecule is CNCC(COC(=O)c1cc(I)cc(I)c1I)(COC(=O)c1cc(I)cc(I)c1I)COC(=O)c1cc(I)cc(I)c1I.I[I-]I.NCC(COC(=O)c1cc(I)cc(I)c1I)(COC(=O)c1cc(I)cc(I)c1I)COC(=O)c1cc(I)cc(I)c1I. The summed E-state index contributed by atoms with van der Waals surface area (Å²) < 4.78 is 50.4. The van der Waals surface area contributed by atoms with E-state index >= 15 is 0 Å². The molecule has 0 aliphatic rings. The molecule has 35 heteroatoms. The van der Waals surface area contributed by atoms with Gasteiger partial charge in [-0.15, -0.1) is 0 Å². The number of benzene rings is 6. The van der Waals surface area contributed by atoms with Gasteiger partial charge in [-0.1, -0.05) is 0 Å². The van der Waals surface area contributed by atoms with Crippen LogP contribution in [-0.4, -0.2) is 95.6 Å². The van der Waals surface area contributed by atoms with Gasteiger partial charge < -0.3 is 39.5 Å².